The minimum absolute atomic E-state index is 0.473. The molecule has 2 saturated heterocycles. The van der Waals surface area contributed by atoms with Crippen LogP contribution in [0.3, 0.4) is 0 Å². The zero-order valence-corrected chi connectivity index (χ0v) is 7.68. The number of hydrogen-bond donors (Lipinski definition) is 1. The van der Waals surface area contributed by atoms with Gasteiger partial charge in [-0.05, 0) is 36.8 Å². The van der Waals surface area contributed by atoms with Crippen molar-refractivity contribution in [2.75, 3.05) is 24.6 Å². The molecule has 12 heavy (non-hydrogen) atoms. The van der Waals surface area contributed by atoms with Gasteiger partial charge in [-0.2, -0.15) is 0 Å². The first kappa shape index (κ1) is 7.33. The van der Waals surface area contributed by atoms with Gasteiger partial charge < -0.3 is 5.32 Å². The molecule has 1 N–H and O–H groups in total. The molecule has 3 nitrogen and oxygen atoms in total. The van der Waals surface area contributed by atoms with Crippen LogP contribution in [0.25, 0.3) is 0 Å². The fraction of sp³-hybridized carbons (Fsp3) is 1.00. The Bertz CT molecular complexity index is 287. The summed E-state index contributed by atoms with van der Waals surface area (Å²) in [6.45, 7) is 2.11. The minimum Gasteiger partial charge on any atom is -0.316 e. The highest BCUT2D eigenvalue weighted by Crippen LogP contribution is 2.52. The summed E-state index contributed by atoms with van der Waals surface area (Å²) in [7, 11) is -2.65. The normalized spacial score (nSPS) is 54.3. The fourth-order valence-corrected chi connectivity index (χ4v) is 5.59. The lowest BCUT2D eigenvalue weighted by atomic mass is 9.60. The number of rotatable bonds is 0. The van der Waals surface area contributed by atoms with E-state index in [4.69, 9.17) is 0 Å². The molecule has 0 spiro atoms. The highest BCUT2D eigenvalue weighted by Gasteiger charge is 2.58. The maximum absolute atomic E-state index is 11.3. The van der Waals surface area contributed by atoms with E-state index in [1.54, 1.807) is 0 Å². The van der Waals surface area contributed by atoms with Crippen LogP contribution in [-0.4, -0.2) is 33.0 Å². The molecule has 1 saturated carbocycles. The molecular formula is C8H13NO2S. The van der Waals surface area contributed by atoms with E-state index in [0.717, 1.165) is 13.1 Å². The molecule has 0 aromatic carbocycles. The monoisotopic (exact) mass is 187 g/mol. The van der Waals surface area contributed by atoms with Crippen LogP contribution in [0, 0.1) is 23.7 Å². The average molecular weight is 187 g/mol. The van der Waals surface area contributed by atoms with Crippen LogP contribution in [0.2, 0.25) is 0 Å². The molecule has 68 valence electrons. The maximum Gasteiger partial charge on any atom is 0.150 e. The van der Waals surface area contributed by atoms with Crippen molar-refractivity contribution >= 4 is 9.84 Å². The van der Waals surface area contributed by atoms with Gasteiger partial charge in [-0.1, -0.05) is 0 Å². The Balaban J connectivity index is 1.90. The van der Waals surface area contributed by atoms with E-state index >= 15 is 0 Å². The van der Waals surface area contributed by atoms with Gasteiger partial charge in [-0.25, -0.2) is 8.42 Å². The molecule has 1 aliphatic carbocycles. The quantitative estimate of drug-likeness (QED) is 0.556. The largest absolute Gasteiger partial charge is 0.316 e. The van der Waals surface area contributed by atoms with Gasteiger partial charge >= 0.3 is 0 Å². The maximum atomic E-state index is 11.3. The summed E-state index contributed by atoms with van der Waals surface area (Å²) in [4.78, 5) is 0. The Morgan fingerprint density at radius 3 is 1.92 bits per heavy atom. The summed E-state index contributed by atoms with van der Waals surface area (Å²) in [5.41, 5.74) is 0. The van der Waals surface area contributed by atoms with Gasteiger partial charge in [0.2, 0.25) is 0 Å². The molecule has 0 aromatic rings. The molecule has 0 radical (unpaired) electrons. The SMILES string of the molecule is O=S1(=O)CC2C3CNCC3C2C1. The number of hydrogen-bond acceptors (Lipinski definition) is 3. The van der Waals surface area contributed by atoms with Crippen molar-refractivity contribution in [2.24, 2.45) is 23.7 Å². The Morgan fingerprint density at radius 1 is 0.917 bits per heavy atom. The molecule has 0 amide bonds. The summed E-state index contributed by atoms with van der Waals surface area (Å²) >= 11 is 0. The smallest absolute Gasteiger partial charge is 0.150 e. The van der Waals surface area contributed by atoms with Crippen LogP contribution in [-0.2, 0) is 9.84 Å². The number of nitrogens with one attached hydrogen (secondary N) is 1. The van der Waals surface area contributed by atoms with Crippen molar-refractivity contribution in [2.45, 2.75) is 0 Å². The number of sulfone groups is 1. The second-order valence-electron chi connectivity index (χ2n) is 4.39. The molecule has 3 rings (SSSR count). The van der Waals surface area contributed by atoms with Gasteiger partial charge in [0.15, 0.2) is 9.84 Å². The fourth-order valence-electron chi connectivity index (χ4n) is 3.30. The van der Waals surface area contributed by atoms with Crippen LogP contribution in [0.1, 0.15) is 0 Å². The third-order valence-electron chi connectivity index (χ3n) is 3.85. The van der Waals surface area contributed by atoms with Gasteiger partial charge in [-0.15, -0.1) is 0 Å². The zero-order chi connectivity index (χ0) is 8.34. The molecule has 4 atom stereocenters. The van der Waals surface area contributed by atoms with E-state index in [1.165, 1.54) is 0 Å². The Morgan fingerprint density at radius 2 is 1.42 bits per heavy atom. The van der Waals surface area contributed by atoms with E-state index in [-0.39, 0.29) is 0 Å². The lowest BCUT2D eigenvalue weighted by Crippen LogP contribution is -2.44. The van der Waals surface area contributed by atoms with E-state index < -0.39 is 9.84 Å². The topological polar surface area (TPSA) is 46.2 Å². The molecule has 2 aliphatic heterocycles. The van der Waals surface area contributed by atoms with Gasteiger partial charge in [0, 0.05) is 0 Å². The zero-order valence-electron chi connectivity index (χ0n) is 6.86. The van der Waals surface area contributed by atoms with Gasteiger partial charge in [0.05, 0.1) is 11.5 Å². The van der Waals surface area contributed by atoms with Gasteiger partial charge in [0.1, 0.15) is 0 Å². The molecule has 3 fully saturated rings. The number of fused-ring (bicyclic) bond motifs is 4. The predicted octanol–water partition coefficient (Wildman–Crippen LogP) is -0.504. The van der Waals surface area contributed by atoms with Crippen LogP contribution >= 0.6 is 0 Å². The first-order valence-electron chi connectivity index (χ1n) is 4.58. The van der Waals surface area contributed by atoms with Crippen LogP contribution < -0.4 is 5.32 Å². The van der Waals surface area contributed by atoms with Crippen LogP contribution in [0.15, 0.2) is 0 Å². The molecular weight excluding hydrogens is 174 g/mol. The average Bonchev–Trinajstić information content (AvgIpc) is 2.49. The van der Waals surface area contributed by atoms with Crippen LogP contribution in [0.5, 0.6) is 0 Å². The molecule has 0 aromatic heterocycles. The van der Waals surface area contributed by atoms with Crippen molar-refractivity contribution in [3.8, 4) is 0 Å². The van der Waals surface area contributed by atoms with Crippen LogP contribution in [0.4, 0.5) is 0 Å². The molecule has 4 heteroatoms. The molecule has 0 bridgehead atoms. The lowest BCUT2D eigenvalue weighted by molar-refractivity contribution is 0.0629. The van der Waals surface area contributed by atoms with E-state index in [1.807, 2.05) is 0 Å². The van der Waals surface area contributed by atoms with Crippen molar-refractivity contribution in [3.63, 3.8) is 0 Å². The van der Waals surface area contributed by atoms with Gasteiger partial charge in [-0.3, -0.25) is 0 Å². The molecule has 4 unspecified atom stereocenters. The third-order valence-corrected chi connectivity index (χ3v) is 5.64. The highest BCUT2D eigenvalue weighted by atomic mass is 32.2. The predicted molar refractivity (Wildman–Crippen MR) is 45.5 cm³/mol. The second kappa shape index (κ2) is 2.04. The van der Waals surface area contributed by atoms with E-state index in [9.17, 15) is 8.42 Å². The van der Waals surface area contributed by atoms with Crippen molar-refractivity contribution in [3.05, 3.63) is 0 Å². The lowest BCUT2D eigenvalue weighted by Gasteiger charge is -2.43. The summed E-state index contributed by atoms with van der Waals surface area (Å²) < 4.78 is 22.6. The standard InChI is InChI=1S/C8H13NO2S/c10-12(11)3-7-5-1-9-2-6(5)8(7)4-12/h5-9H,1-4H2. The van der Waals surface area contributed by atoms with E-state index in [2.05, 4.69) is 5.32 Å². The van der Waals surface area contributed by atoms with Crippen molar-refractivity contribution < 1.29 is 8.42 Å². The first-order valence-corrected chi connectivity index (χ1v) is 6.41. The third kappa shape index (κ3) is 0.773. The highest BCUT2D eigenvalue weighted by molar-refractivity contribution is 7.91. The summed E-state index contributed by atoms with van der Waals surface area (Å²) in [6.07, 6.45) is 0. The Hall–Kier alpha value is -0.0900. The first-order chi connectivity index (χ1) is 5.67. The minimum atomic E-state index is -2.65. The molecule has 2 heterocycles. The molecule has 3 aliphatic rings. The Labute approximate surface area is 72.5 Å². The summed E-state index contributed by atoms with van der Waals surface area (Å²) in [5, 5.41) is 3.35. The summed E-state index contributed by atoms with van der Waals surface area (Å²) in [5.74, 6) is 3.34. The summed E-state index contributed by atoms with van der Waals surface area (Å²) in [6, 6.07) is 0. The van der Waals surface area contributed by atoms with Gasteiger partial charge in [0.25, 0.3) is 0 Å². The second-order valence-corrected chi connectivity index (χ2v) is 6.54. The Kier molecular flexibility index (Phi) is 1.25. The van der Waals surface area contributed by atoms with E-state index in [0.29, 0.717) is 35.2 Å². The van der Waals surface area contributed by atoms with Crippen molar-refractivity contribution in [1.82, 2.24) is 5.32 Å². The van der Waals surface area contributed by atoms with Crippen molar-refractivity contribution in [1.29, 1.82) is 0 Å².